The van der Waals surface area contributed by atoms with Gasteiger partial charge in [-0.2, -0.15) is 0 Å². The Balaban J connectivity index is 2.16. The molecule has 1 fully saturated rings. The van der Waals surface area contributed by atoms with Crippen molar-refractivity contribution >= 4 is 21.6 Å². The zero-order chi connectivity index (χ0) is 11.5. The molecule has 1 aromatic carbocycles. The van der Waals surface area contributed by atoms with Gasteiger partial charge in [0.15, 0.2) is 0 Å². The molecule has 0 saturated carbocycles. The molecule has 1 unspecified atom stereocenters. The van der Waals surface area contributed by atoms with E-state index in [-0.39, 0.29) is 6.61 Å². The summed E-state index contributed by atoms with van der Waals surface area (Å²) in [6.45, 7) is 1.72. The molecule has 4 heteroatoms. The fraction of sp³-hybridized carbons (Fsp3) is 0.500. The number of nitrogens with zero attached hydrogens (tertiary/aromatic N) is 1. The van der Waals surface area contributed by atoms with Crippen LogP contribution in [0.1, 0.15) is 12.0 Å². The van der Waals surface area contributed by atoms with E-state index in [9.17, 15) is 0 Å². The predicted octanol–water partition coefficient (Wildman–Crippen LogP) is 2.17. The molecule has 0 radical (unpaired) electrons. The van der Waals surface area contributed by atoms with E-state index < -0.39 is 0 Å². The summed E-state index contributed by atoms with van der Waals surface area (Å²) in [5, 5.41) is 9.10. The largest absolute Gasteiger partial charge is 0.392 e. The lowest BCUT2D eigenvalue weighted by atomic mass is 10.1. The number of ether oxygens (including phenoxy) is 1. The van der Waals surface area contributed by atoms with Gasteiger partial charge >= 0.3 is 0 Å². The summed E-state index contributed by atoms with van der Waals surface area (Å²) in [7, 11) is 2.08. The van der Waals surface area contributed by atoms with Crippen LogP contribution in [0.4, 0.5) is 5.69 Å². The quantitative estimate of drug-likeness (QED) is 0.924. The second-order valence-corrected chi connectivity index (χ2v) is 4.92. The molecule has 0 bridgehead atoms. The molecule has 16 heavy (non-hydrogen) atoms. The Morgan fingerprint density at radius 3 is 2.94 bits per heavy atom. The van der Waals surface area contributed by atoms with Gasteiger partial charge in [-0.1, -0.05) is 22.0 Å². The number of benzene rings is 1. The maximum absolute atomic E-state index is 9.10. The SMILES string of the molecule is CN(c1ccc(CO)c(Br)c1)C1CCOC1. The summed E-state index contributed by atoms with van der Waals surface area (Å²) in [6.07, 6.45) is 1.08. The normalized spacial score (nSPS) is 20.1. The van der Waals surface area contributed by atoms with Gasteiger partial charge in [-0.3, -0.25) is 0 Å². The van der Waals surface area contributed by atoms with Crippen LogP contribution in [-0.4, -0.2) is 31.4 Å². The van der Waals surface area contributed by atoms with Crippen molar-refractivity contribution in [2.75, 3.05) is 25.2 Å². The maximum atomic E-state index is 9.10. The Kier molecular flexibility index (Phi) is 3.84. The van der Waals surface area contributed by atoms with E-state index in [1.165, 1.54) is 0 Å². The molecular weight excluding hydrogens is 270 g/mol. The molecule has 0 aromatic heterocycles. The van der Waals surface area contributed by atoms with Gasteiger partial charge in [-0.05, 0) is 24.1 Å². The Bertz CT molecular complexity index is 364. The summed E-state index contributed by atoms with van der Waals surface area (Å²) in [5.74, 6) is 0. The first-order valence-corrected chi connectivity index (χ1v) is 6.21. The van der Waals surface area contributed by atoms with Crippen molar-refractivity contribution in [3.63, 3.8) is 0 Å². The van der Waals surface area contributed by atoms with Crippen LogP contribution in [0.2, 0.25) is 0 Å². The van der Waals surface area contributed by atoms with Crippen molar-refractivity contribution in [2.45, 2.75) is 19.1 Å². The average molecular weight is 286 g/mol. The summed E-state index contributed by atoms with van der Waals surface area (Å²) < 4.78 is 6.34. The van der Waals surface area contributed by atoms with Crippen molar-refractivity contribution in [3.8, 4) is 0 Å². The molecule has 1 aliphatic heterocycles. The minimum absolute atomic E-state index is 0.0666. The first-order valence-electron chi connectivity index (χ1n) is 5.42. The third kappa shape index (κ3) is 2.39. The number of anilines is 1. The van der Waals surface area contributed by atoms with Crippen LogP contribution in [-0.2, 0) is 11.3 Å². The molecule has 1 aliphatic rings. The highest BCUT2D eigenvalue weighted by molar-refractivity contribution is 9.10. The van der Waals surface area contributed by atoms with Gasteiger partial charge < -0.3 is 14.7 Å². The summed E-state index contributed by atoms with van der Waals surface area (Å²) in [4.78, 5) is 2.24. The molecule has 1 N–H and O–H groups in total. The fourth-order valence-corrected chi connectivity index (χ4v) is 2.41. The van der Waals surface area contributed by atoms with Gasteiger partial charge in [0.05, 0.1) is 19.3 Å². The number of halogens is 1. The van der Waals surface area contributed by atoms with Gasteiger partial charge in [0, 0.05) is 23.8 Å². The van der Waals surface area contributed by atoms with E-state index in [4.69, 9.17) is 9.84 Å². The van der Waals surface area contributed by atoms with Crippen molar-refractivity contribution in [2.24, 2.45) is 0 Å². The van der Waals surface area contributed by atoms with E-state index in [0.29, 0.717) is 6.04 Å². The van der Waals surface area contributed by atoms with Crippen LogP contribution in [0, 0.1) is 0 Å². The van der Waals surface area contributed by atoms with Crippen LogP contribution < -0.4 is 4.90 Å². The molecule has 0 spiro atoms. The second-order valence-electron chi connectivity index (χ2n) is 4.06. The Hall–Kier alpha value is -0.580. The van der Waals surface area contributed by atoms with Crippen molar-refractivity contribution in [1.82, 2.24) is 0 Å². The van der Waals surface area contributed by atoms with Crippen molar-refractivity contribution in [1.29, 1.82) is 0 Å². The van der Waals surface area contributed by atoms with E-state index >= 15 is 0 Å². The van der Waals surface area contributed by atoms with Gasteiger partial charge in [-0.15, -0.1) is 0 Å². The van der Waals surface area contributed by atoms with Gasteiger partial charge in [0.2, 0.25) is 0 Å². The van der Waals surface area contributed by atoms with Gasteiger partial charge in [0.1, 0.15) is 0 Å². The Morgan fingerprint density at radius 1 is 1.56 bits per heavy atom. The highest BCUT2D eigenvalue weighted by Crippen LogP contribution is 2.26. The van der Waals surface area contributed by atoms with Crippen LogP contribution in [0.3, 0.4) is 0 Å². The van der Waals surface area contributed by atoms with Crippen molar-refractivity contribution < 1.29 is 9.84 Å². The number of hydrogen-bond donors (Lipinski definition) is 1. The zero-order valence-corrected chi connectivity index (χ0v) is 10.9. The minimum atomic E-state index is 0.0666. The fourth-order valence-electron chi connectivity index (χ4n) is 1.92. The topological polar surface area (TPSA) is 32.7 Å². The van der Waals surface area contributed by atoms with Crippen LogP contribution in [0.15, 0.2) is 22.7 Å². The van der Waals surface area contributed by atoms with E-state index in [1.807, 2.05) is 18.2 Å². The van der Waals surface area contributed by atoms with E-state index in [1.54, 1.807) is 0 Å². The highest BCUT2D eigenvalue weighted by Gasteiger charge is 2.20. The molecule has 2 rings (SSSR count). The highest BCUT2D eigenvalue weighted by atomic mass is 79.9. The third-order valence-electron chi connectivity index (χ3n) is 3.07. The number of rotatable bonds is 3. The average Bonchev–Trinajstić information content (AvgIpc) is 2.81. The van der Waals surface area contributed by atoms with E-state index in [2.05, 4.69) is 27.9 Å². The number of aliphatic hydroxyl groups excluding tert-OH is 1. The third-order valence-corrected chi connectivity index (χ3v) is 3.81. The predicted molar refractivity (Wildman–Crippen MR) is 67.7 cm³/mol. The van der Waals surface area contributed by atoms with Gasteiger partial charge in [0.25, 0.3) is 0 Å². The molecule has 0 aliphatic carbocycles. The number of likely N-dealkylation sites (N-methyl/N-ethyl adjacent to an activating group) is 1. The van der Waals surface area contributed by atoms with Gasteiger partial charge in [-0.25, -0.2) is 0 Å². The number of hydrogen-bond acceptors (Lipinski definition) is 3. The maximum Gasteiger partial charge on any atom is 0.0692 e. The molecule has 1 aromatic rings. The molecule has 1 heterocycles. The molecule has 0 amide bonds. The molecule has 3 nitrogen and oxygen atoms in total. The molecule has 1 saturated heterocycles. The summed E-state index contributed by atoms with van der Waals surface area (Å²) in [5.41, 5.74) is 2.07. The van der Waals surface area contributed by atoms with Crippen LogP contribution in [0.5, 0.6) is 0 Å². The molecule has 1 atom stereocenters. The first kappa shape index (κ1) is 11.9. The minimum Gasteiger partial charge on any atom is -0.392 e. The number of aliphatic hydroxyl groups is 1. The lowest BCUT2D eigenvalue weighted by Gasteiger charge is -2.25. The summed E-state index contributed by atoms with van der Waals surface area (Å²) in [6, 6.07) is 6.50. The standard InChI is InChI=1S/C12H16BrNO2/c1-14(11-4-5-16-8-11)10-3-2-9(7-15)12(13)6-10/h2-3,6,11,15H,4-5,7-8H2,1H3. The second kappa shape index (κ2) is 5.17. The Morgan fingerprint density at radius 2 is 2.38 bits per heavy atom. The molecule has 88 valence electrons. The van der Waals surface area contributed by atoms with Crippen LogP contribution in [0.25, 0.3) is 0 Å². The zero-order valence-electron chi connectivity index (χ0n) is 9.32. The van der Waals surface area contributed by atoms with E-state index in [0.717, 1.165) is 35.4 Å². The monoisotopic (exact) mass is 285 g/mol. The van der Waals surface area contributed by atoms with Crippen molar-refractivity contribution in [3.05, 3.63) is 28.2 Å². The Labute approximate surface area is 104 Å². The first-order chi connectivity index (χ1) is 7.72. The summed E-state index contributed by atoms with van der Waals surface area (Å²) >= 11 is 3.47. The lowest BCUT2D eigenvalue weighted by Crippen LogP contribution is -2.31. The smallest absolute Gasteiger partial charge is 0.0692 e. The lowest BCUT2D eigenvalue weighted by molar-refractivity contribution is 0.193. The molecular formula is C12H16BrNO2. The van der Waals surface area contributed by atoms with Crippen LogP contribution >= 0.6 is 15.9 Å².